The Balaban J connectivity index is 2.65. The molecule has 0 saturated carbocycles. The molecule has 0 aliphatic heterocycles. The summed E-state index contributed by atoms with van der Waals surface area (Å²) in [7, 11) is 0. The van der Waals surface area contributed by atoms with E-state index in [2.05, 4.69) is 15.9 Å². The Morgan fingerprint density at radius 3 is 2.68 bits per heavy atom. The van der Waals surface area contributed by atoms with E-state index in [-0.39, 0.29) is 0 Å². The topological polar surface area (TPSA) is 49.4 Å². The minimum atomic E-state index is -4.48. The molecule has 1 aromatic rings. The molecule has 0 heterocycles. The Morgan fingerprint density at radius 2 is 2.09 bits per heavy atom. The van der Waals surface area contributed by atoms with Gasteiger partial charge in [-0.05, 0) is 30.2 Å². The van der Waals surface area contributed by atoms with Gasteiger partial charge in [0.1, 0.15) is 13.1 Å². The predicted molar refractivity (Wildman–Crippen MR) is 79.7 cm³/mol. The third-order valence-electron chi connectivity index (χ3n) is 2.70. The fourth-order valence-electron chi connectivity index (χ4n) is 1.53. The maximum absolute atomic E-state index is 12.0. The van der Waals surface area contributed by atoms with Crippen molar-refractivity contribution in [2.24, 2.45) is 0 Å². The van der Waals surface area contributed by atoms with Crippen LogP contribution in [-0.4, -0.2) is 36.5 Å². The molecule has 1 rings (SSSR count). The van der Waals surface area contributed by atoms with Gasteiger partial charge in [0.2, 0.25) is 12.3 Å². The van der Waals surface area contributed by atoms with Crippen LogP contribution in [0.4, 0.5) is 13.2 Å². The number of hydrogen-bond donors (Lipinski definition) is 1. The van der Waals surface area contributed by atoms with Gasteiger partial charge < -0.3 is 10.2 Å². The molecule has 22 heavy (non-hydrogen) atoms. The quantitative estimate of drug-likeness (QED) is 0.773. The summed E-state index contributed by atoms with van der Waals surface area (Å²) in [6, 6.07) is 5.47. The Labute approximate surface area is 134 Å². The van der Waals surface area contributed by atoms with E-state index >= 15 is 0 Å². The van der Waals surface area contributed by atoms with Crippen LogP contribution in [0.5, 0.6) is 0 Å². The number of nitrogens with zero attached hydrogens (tertiary/aromatic N) is 1. The fraction of sp³-hybridized carbons (Fsp3) is 0.286. The normalized spacial score (nSPS) is 11.5. The predicted octanol–water partition coefficient (Wildman–Crippen LogP) is 2.87. The van der Waals surface area contributed by atoms with Crippen molar-refractivity contribution in [3.63, 3.8) is 0 Å². The second-order valence-electron chi connectivity index (χ2n) is 4.44. The van der Waals surface area contributed by atoms with Crippen LogP contribution >= 0.6 is 15.9 Å². The lowest BCUT2D eigenvalue weighted by atomic mass is 10.1. The minimum absolute atomic E-state index is 0.372. The Morgan fingerprint density at radius 1 is 1.41 bits per heavy atom. The van der Waals surface area contributed by atoms with Gasteiger partial charge in [-0.3, -0.25) is 9.59 Å². The van der Waals surface area contributed by atoms with E-state index in [1.54, 1.807) is 17.5 Å². The Bertz CT molecular complexity index is 574. The number of benzene rings is 1. The van der Waals surface area contributed by atoms with Gasteiger partial charge >= 0.3 is 6.18 Å². The molecule has 0 bridgehead atoms. The molecule has 8 heteroatoms. The van der Waals surface area contributed by atoms with Gasteiger partial charge in [0.25, 0.3) is 0 Å². The van der Waals surface area contributed by atoms with E-state index < -0.39 is 25.2 Å². The maximum atomic E-state index is 12.0. The molecule has 1 aromatic carbocycles. The van der Waals surface area contributed by atoms with Crippen LogP contribution in [0.15, 0.2) is 28.9 Å². The zero-order valence-corrected chi connectivity index (χ0v) is 13.2. The molecule has 0 radical (unpaired) electrons. The Kier molecular flexibility index (Phi) is 6.61. The fourth-order valence-corrected chi connectivity index (χ4v) is 1.91. The summed E-state index contributed by atoms with van der Waals surface area (Å²) in [6.45, 7) is -0.0405. The van der Waals surface area contributed by atoms with E-state index in [4.69, 9.17) is 0 Å². The second-order valence-corrected chi connectivity index (χ2v) is 5.29. The van der Waals surface area contributed by atoms with E-state index in [0.29, 0.717) is 6.41 Å². The van der Waals surface area contributed by atoms with Crippen molar-refractivity contribution in [1.29, 1.82) is 0 Å². The molecule has 2 amide bonds. The van der Waals surface area contributed by atoms with Gasteiger partial charge in [-0.25, -0.2) is 0 Å². The molecule has 0 aliphatic carbocycles. The Hall–Kier alpha value is -1.83. The van der Waals surface area contributed by atoms with Gasteiger partial charge in [0, 0.05) is 10.7 Å². The first kappa shape index (κ1) is 18.2. The molecule has 0 unspecified atom stereocenters. The van der Waals surface area contributed by atoms with E-state index in [0.717, 1.165) is 20.5 Å². The molecule has 1 N–H and O–H groups in total. The number of halogens is 4. The van der Waals surface area contributed by atoms with E-state index in [9.17, 15) is 22.8 Å². The zero-order valence-electron chi connectivity index (χ0n) is 11.7. The molecule has 0 saturated heterocycles. The van der Waals surface area contributed by atoms with Gasteiger partial charge in [0.15, 0.2) is 0 Å². The van der Waals surface area contributed by atoms with Crippen molar-refractivity contribution < 1.29 is 22.8 Å². The van der Waals surface area contributed by atoms with Crippen molar-refractivity contribution in [3.8, 4) is 0 Å². The van der Waals surface area contributed by atoms with Crippen molar-refractivity contribution in [2.45, 2.75) is 13.1 Å². The van der Waals surface area contributed by atoms with Crippen molar-refractivity contribution >= 4 is 34.3 Å². The van der Waals surface area contributed by atoms with Gasteiger partial charge in [-0.15, -0.1) is 0 Å². The number of carbonyl (C=O) groups is 2. The summed E-state index contributed by atoms with van der Waals surface area (Å²) >= 11 is 3.36. The molecule has 0 atom stereocenters. The molecular weight excluding hydrogens is 365 g/mol. The van der Waals surface area contributed by atoms with Crippen LogP contribution in [0.3, 0.4) is 0 Å². The van der Waals surface area contributed by atoms with Crippen LogP contribution in [-0.2, 0) is 9.59 Å². The highest BCUT2D eigenvalue weighted by atomic mass is 79.9. The minimum Gasteiger partial charge on any atom is -0.345 e. The lowest BCUT2D eigenvalue weighted by molar-refractivity contribution is -0.139. The van der Waals surface area contributed by atoms with Gasteiger partial charge in [0.05, 0.1) is 0 Å². The molecule has 4 nitrogen and oxygen atoms in total. The van der Waals surface area contributed by atoms with Crippen LogP contribution in [0.2, 0.25) is 0 Å². The second kappa shape index (κ2) is 7.98. The molecule has 0 aliphatic rings. The third-order valence-corrected chi connectivity index (χ3v) is 3.56. The number of nitrogens with one attached hydrogen (secondary N) is 1. The largest absolute Gasteiger partial charge is 0.405 e. The lowest BCUT2D eigenvalue weighted by Gasteiger charge is -2.13. The highest BCUT2D eigenvalue weighted by molar-refractivity contribution is 9.10. The van der Waals surface area contributed by atoms with Crippen molar-refractivity contribution in [1.82, 2.24) is 10.2 Å². The molecule has 0 fully saturated rings. The van der Waals surface area contributed by atoms with Crippen LogP contribution < -0.4 is 5.32 Å². The van der Waals surface area contributed by atoms with Gasteiger partial charge in [-0.1, -0.05) is 28.1 Å². The SMILES string of the molecule is Cc1c(Br)cccc1/C=C\N(C=O)CC(=O)NCC(F)(F)F. The zero-order chi connectivity index (χ0) is 16.8. The summed E-state index contributed by atoms with van der Waals surface area (Å²) < 4.78 is 36.8. The molecular formula is C14H14BrF3N2O2. The maximum Gasteiger partial charge on any atom is 0.405 e. The van der Waals surface area contributed by atoms with Crippen molar-refractivity contribution in [2.75, 3.05) is 13.1 Å². The summed E-state index contributed by atoms with van der Waals surface area (Å²) in [5.74, 6) is -0.889. The monoisotopic (exact) mass is 378 g/mol. The first-order valence-corrected chi connectivity index (χ1v) is 7.00. The first-order chi connectivity index (χ1) is 10.2. The molecule has 120 valence electrons. The van der Waals surface area contributed by atoms with Gasteiger partial charge in [-0.2, -0.15) is 13.2 Å². The summed E-state index contributed by atoms with van der Waals surface area (Å²) in [5, 5.41) is 1.70. The molecule has 0 aromatic heterocycles. The highest BCUT2D eigenvalue weighted by Gasteiger charge is 2.27. The number of amides is 2. The van der Waals surface area contributed by atoms with Crippen LogP contribution in [0.25, 0.3) is 6.08 Å². The smallest absolute Gasteiger partial charge is 0.345 e. The molecule has 0 spiro atoms. The number of rotatable bonds is 6. The third kappa shape index (κ3) is 6.30. The summed E-state index contributed by atoms with van der Waals surface area (Å²) in [5.41, 5.74) is 1.75. The van der Waals surface area contributed by atoms with Crippen molar-refractivity contribution in [3.05, 3.63) is 40.0 Å². The van der Waals surface area contributed by atoms with E-state index in [1.165, 1.54) is 6.20 Å². The average Bonchev–Trinajstić information content (AvgIpc) is 2.44. The average molecular weight is 379 g/mol. The summed E-state index contributed by atoms with van der Waals surface area (Å²) in [6.07, 6.45) is -1.16. The standard InChI is InChI=1S/C14H14BrF3N2O2/c1-10-11(3-2-4-12(10)15)5-6-20(9-21)7-13(22)19-8-14(16,17)18/h2-6,9H,7-8H2,1H3,(H,19,22)/b6-5-. The number of hydrogen-bond acceptors (Lipinski definition) is 2. The first-order valence-electron chi connectivity index (χ1n) is 6.21. The highest BCUT2D eigenvalue weighted by Crippen LogP contribution is 2.20. The summed E-state index contributed by atoms with van der Waals surface area (Å²) in [4.78, 5) is 23.2. The van der Waals surface area contributed by atoms with Crippen LogP contribution in [0.1, 0.15) is 11.1 Å². The number of alkyl halides is 3. The number of carbonyl (C=O) groups excluding carboxylic acids is 2. The lowest BCUT2D eigenvalue weighted by Crippen LogP contribution is -2.39. The van der Waals surface area contributed by atoms with Crippen LogP contribution in [0, 0.1) is 6.92 Å². The van der Waals surface area contributed by atoms with E-state index in [1.807, 2.05) is 19.1 Å².